The van der Waals surface area contributed by atoms with Crippen molar-refractivity contribution in [2.24, 2.45) is 23.7 Å². The van der Waals surface area contributed by atoms with Crippen molar-refractivity contribution in [3.8, 4) is 5.75 Å². The number of aliphatic hydroxyl groups is 2. The molecule has 0 radical (unpaired) electrons. The molecular formula is C47H78N2O14. The van der Waals surface area contributed by atoms with E-state index in [9.17, 15) is 19.8 Å². The van der Waals surface area contributed by atoms with Gasteiger partial charge in [-0.25, -0.2) is 0 Å². The second kappa shape index (κ2) is 20.6. The molecule has 1 aromatic rings. The molecule has 16 heteroatoms. The maximum Gasteiger partial charge on any atom is 0.311 e. The number of aliphatic hydroxyl groups excluding tert-OH is 2. The number of fused-ring (bicyclic) bond motifs is 2. The molecule has 3 N–H and O–H groups in total. The van der Waals surface area contributed by atoms with Gasteiger partial charge >= 0.3 is 5.97 Å². The summed E-state index contributed by atoms with van der Waals surface area (Å²) in [5, 5.41) is 26.5. The third kappa shape index (κ3) is 10.4. The molecule has 3 fully saturated rings. The largest absolute Gasteiger partial charge is 0.479 e. The summed E-state index contributed by atoms with van der Waals surface area (Å²) in [5.74, 6) is -3.00. The third-order valence-corrected chi connectivity index (χ3v) is 14.6. The minimum Gasteiger partial charge on any atom is -0.479 e. The van der Waals surface area contributed by atoms with Crippen LogP contribution in [0, 0.1) is 23.7 Å². The van der Waals surface area contributed by atoms with Crippen LogP contribution in [0.5, 0.6) is 5.75 Å². The molecule has 0 amide bonds. The summed E-state index contributed by atoms with van der Waals surface area (Å²) in [4.78, 5) is 31.9. The van der Waals surface area contributed by atoms with E-state index in [0.29, 0.717) is 24.3 Å². The van der Waals surface area contributed by atoms with Crippen molar-refractivity contribution in [3.63, 3.8) is 0 Å². The highest BCUT2D eigenvalue weighted by Gasteiger charge is 2.56. The lowest BCUT2D eigenvalue weighted by Gasteiger charge is -2.51. The predicted octanol–water partition coefficient (Wildman–Crippen LogP) is 5.25. The number of Topliss-reactive ketones (excluding diaryl/α,β-unsaturated/α-hetero) is 1. The number of benzene rings is 1. The molecule has 0 bridgehead atoms. The van der Waals surface area contributed by atoms with Crippen molar-refractivity contribution in [2.75, 3.05) is 47.9 Å². The van der Waals surface area contributed by atoms with Crippen molar-refractivity contribution in [1.82, 2.24) is 4.90 Å². The monoisotopic (exact) mass is 895 g/mol. The van der Waals surface area contributed by atoms with Crippen LogP contribution in [0.4, 0.5) is 5.69 Å². The SMILES string of the molecule is CCC1OC(=O)[C@H](C)C(O[C@H]2C[C@@](C)(OC)[C@@H](O)[C@H](C)O2)[C@H](C)[C@@H](O[C@@H]2O[C@H](C)C[C@H](N(C)C)[C@H]2O)[C@](C)(OC)C[C@@H](C)C(=O)[C@H](C)[C@H]2Nc3cc(C(OC)OC)ccc3O[C@]12C. The zero-order valence-electron chi connectivity index (χ0n) is 40.5. The molecule has 1 aromatic carbocycles. The highest BCUT2D eigenvalue weighted by Crippen LogP contribution is 2.46. The number of hydrogen-bond acceptors (Lipinski definition) is 16. The minimum absolute atomic E-state index is 0.0695. The summed E-state index contributed by atoms with van der Waals surface area (Å²) in [6, 6.07) is 4.60. The van der Waals surface area contributed by atoms with Gasteiger partial charge in [-0.05, 0) is 87.0 Å². The molecular weight excluding hydrogens is 817 g/mol. The standard InChI is InChI=1S/C47H78N2O14/c1-17-34-47(10)39(48-31-21-30(43(54-13)55-14)18-19-33(31)63-47)26(4)36(50)24(2)22-46(9,57-16)41(62-44-37(51)32(49(11)12)20-25(3)58-44)27(5)38(28(6)42(53)60-34)61-35-23-45(8,56-15)40(52)29(7)59-35/h18-19,21,24-29,32,34-35,37-41,43-44,48,51-52H,17,20,22-23H2,1-16H3/t24-,25-,26+,27+,28-,29+,32+,34?,35+,37-,38?,39-,40+,41-,44+,45-,46-,47-/m1/s1. The molecule has 3 saturated heterocycles. The van der Waals surface area contributed by atoms with Crippen LogP contribution in [0.2, 0.25) is 0 Å². The summed E-state index contributed by atoms with van der Waals surface area (Å²) in [5.41, 5.74) is -2.09. The second-order valence-corrected chi connectivity index (χ2v) is 19.4. The van der Waals surface area contributed by atoms with Crippen LogP contribution in [0.1, 0.15) is 107 Å². The van der Waals surface area contributed by atoms with E-state index in [2.05, 4.69) is 5.32 Å². The lowest BCUT2D eigenvalue weighted by atomic mass is 9.72. The van der Waals surface area contributed by atoms with Gasteiger partial charge in [0.25, 0.3) is 0 Å². The van der Waals surface area contributed by atoms with E-state index in [0.717, 1.165) is 5.56 Å². The number of cyclic esters (lactones) is 1. The van der Waals surface area contributed by atoms with Crippen molar-refractivity contribution in [3.05, 3.63) is 23.8 Å². The van der Waals surface area contributed by atoms with Crippen LogP contribution in [0.3, 0.4) is 0 Å². The van der Waals surface area contributed by atoms with Crippen LogP contribution in [0.25, 0.3) is 0 Å². The quantitative estimate of drug-likeness (QED) is 0.193. The third-order valence-electron chi connectivity index (χ3n) is 14.6. The smallest absolute Gasteiger partial charge is 0.311 e. The van der Waals surface area contributed by atoms with Gasteiger partial charge in [0.15, 0.2) is 24.5 Å². The van der Waals surface area contributed by atoms with E-state index in [1.807, 2.05) is 85.7 Å². The molecule has 5 rings (SSSR count). The Bertz CT molecular complexity index is 1700. The van der Waals surface area contributed by atoms with Crippen LogP contribution < -0.4 is 10.1 Å². The summed E-state index contributed by atoms with van der Waals surface area (Å²) in [6.45, 7) is 18.6. The first-order valence-electron chi connectivity index (χ1n) is 22.7. The fourth-order valence-corrected chi connectivity index (χ4v) is 10.6. The first-order chi connectivity index (χ1) is 29.5. The maximum atomic E-state index is 15.0. The Hall–Kier alpha value is -2.48. The van der Waals surface area contributed by atoms with Crippen LogP contribution in [0.15, 0.2) is 18.2 Å². The molecule has 4 aliphatic rings. The van der Waals surface area contributed by atoms with E-state index >= 15 is 0 Å². The van der Waals surface area contributed by atoms with E-state index in [-0.39, 0.29) is 30.8 Å². The Kier molecular flexibility index (Phi) is 16.8. The van der Waals surface area contributed by atoms with Crippen molar-refractivity contribution >= 4 is 17.4 Å². The molecule has 0 saturated carbocycles. The zero-order valence-corrected chi connectivity index (χ0v) is 40.5. The second-order valence-electron chi connectivity index (χ2n) is 19.4. The van der Waals surface area contributed by atoms with Gasteiger partial charge in [-0.15, -0.1) is 0 Å². The van der Waals surface area contributed by atoms with Crippen molar-refractivity contribution < 1.29 is 67.2 Å². The van der Waals surface area contributed by atoms with Crippen LogP contribution in [-0.2, 0) is 52.2 Å². The van der Waals surface area contributed by atoms with E-state index < -0.39 is 108 Å². The van der Waals surface area contributed by atoms with Gasteiger partial charge < -0.3 is 67.8 Å². The summed E-state index contributed by atoms with van der Waals surface area (Å²) in [7, 11) is 10.0. The predicted molar refractivity (Wildman–Crippen MR) is 234 cm³/mol. The molecule has 16 nitrogen and oxygen atoms in total. The number of esters is 1. The number of ether oxygens (including phenoxy) is 10. The molecule has 4 aliphatic heterocycles. The lowest BCUT2D eigenvalue weighted by Crippen LogP contribution is -2.64. The Morgan fingerprint density at radius 2 is 1.54 bits per heavy atom. The number of carbonyl (C=O) groups excluding carboxylic acids is 2. The van der Waals surface area contributed by atoms with Gasteiger partial charge in [-0.3, -0.25) is 9.59 Å². The highest BCUT2D eigenvalue weighted by atomic mass is 16.7. The fraction of sp³-hybridized carbons (Fsp3) is 0.830. The molecule has 18 atom stereocenters. The number of nitrogens with one attached hydrogen (secondary N) is 1. The lowest BCUT2D eigenvalue weighted by molar-refractivity contribution is -0.319. The van der Waals surface area contributed by atoms with Gasteiger partial charge in [0.05, 0.1) is 53.3 Å². The zero-order chi connectivity index (χ0) is 46.9. The average molecular weight is 895 g/mol. The molecule has 63 heavy (non-hydrogen) atoms. The van der Waals surface area contributed by atoms with E-state index in [1.165, 1.54) is 7.11 Å². The first-order valence-corrected chi connectivity index (χ1v) is 22.7. The number of rotatable bonds is 11. The first kappa shape index (κ1) is 51.5. The molecule has 0 aliphatic carbocycles. The van der Waals surface area contributed by atoms with Crippen molar-refractivity contribution in [1.29, 1.82) is 0 Å². The van der Waals surface area contributed by atoms with Crippen LogP contribution >= 0.6 is 0 Å². The van der Waals surface area contributed by atoms with Gasteiger partial charge in [-0.2, -0.15) is 0 Å². The van der Waals surface area contributed by atoms with Gasteiger partial charge in [0.1, 0.15) is 29.8 Å². The summed E-state index contributed by atoms with van der Waals surface area (Å²) < 4.78 is 63.4. The van der Waals surface area contributed by atoms with E-state index in [4.69, 9.17) is 47.4 Å². The topological polar surface area (TPSA) is 182 Å². The molecule has 0 spiro atoms. The number of likely N-dealkylation sites (N-methyl/N-ethyl adjacent to an activating group) is 1. The minimum atomic E-state index is -1.23. The maximum absolute atomic E-state index is 15.0. The molecule has 4 heterocycles. The number of ketones is 1. The number of anilines is 1. The highest BCUT2D eigenvalue weighted by molar-refractivity contribution is 5.84. The van der Waals surface area contributed by atoms with Gasteiger partial charge in [0.2, 0.25) is 0 Å². The Balaban J connectivity index is 1.65. The Morgan fingerprint density at radius 3 is 2.13 bits per heavy atom. The summed E-state index contributed by atoms with van der Waals surface area (Å²) in [6.07, 6.45) is -7.03. The fourth-order valence-electron chi connectivity index (χ4n) is 10.6. The average Bonchev–Trinajstić information content (AvgIpc) is 3.25. The number of hydrogen-bond donors (Lipinski definition) is 3. The molecule has 2 unspecified atom stereocenters. The van der Waals surface area contributed by atoms with Crippen LogP contribution in [-0.4, -0.2) is 154 Å². The van der Waals surface area contributed by atoms with E-state index in [1.54, 1.807) is 42.1 Å². The van der Waals surface area contributed by atoms with Gasteiger partial charge in [0, 0.05) is 64.2 Å². The Morgan fingerprint density at radius 1 is 0.889 bits per heavy atom. The Labute approximate surface area is 375 Å². The number of methoxy groups -OCH3 is 4. The molecule has 360 valence electrons. The van der Waals surface area contributed by atoms with Crippen molar-refractivity contribution in [2.45, 2.75) is 185 Å². The van der Waals surface area contributed by atoms with Gasteiger partial charge in [-0.1, -0.05) is 33.8 Å². The normalized spacial score (nSPS) is 43.0. The molecule has 0 aromatic heterocycles. The summed E-state index contributed by atoms with van der Waals surface area (Å²) >= 11 is 0. The number of carbonyl (C=O) groups is 2. The number of nitrogens with zero attached hydrogens (tertiary/aromatic N) is 1.